The minimum atomic E-state index is -4.51. The maximum absolute atomic E-state index is 12.8. The van der Waals surface area contributed by atoms with Gasteiger partial charge in [0.1, 0.15) is 0 Å². The van der Waals surface area contributed by atoms with E-state index >= 15 is 0 Å². The first-order valence-electron chi connectivity index (χ1n) is 8.64. The lowest BCUT2D eigenvalue weighted by Crippen LogP contribution is -2.34. The summed E-state index contributed by atoms with van der Waals surface area (Å²) in [7, 11) is 1.42. The Morgan fingerprint density at radius 2 is 1.83 bits per heavy atom. The Kier molecular flexibility index (Phi) is 7.08. The monoisotopic (exact) mass is 424 g/mol. The first kappa shape index (κ1) is 22.5. The maximum atomic E-state index is 12.8. The highest BCUT2D eigenvalue weighted by Crippen LogP contribution is 2.32. The van der Waals surface area contributed by atoms with Crippen molar-refractivity contribution in [3.8, 4) is 0 Å². The topological polar surface area (TPSA) is 49.4 Å². The molecule has 0 heterocycles. The van der Waals surface area contributed by atoms with E-state index in [-0.39, 0.29) is 23.0 Å². The van der Waals surface area contributed by atoms with E-state index in [0.717, 1.165) is 40.3 Å². The van der Waals surface area contributed by atoms with Crippen LogP contribution < -0.4 is 5.32 Å². The molecule has 0 bridgehead atoms. The number of anilines is 1. The van der Waals surface area contributed by atoms with E-state index in [1.165, 1.54) is 13.1 Å². The van der Waals surface area contributed by atoms with Crippen LogP contribution in [0.2, 0.25) is 5.02 Å². The fraction of sp³-hybridized carbons (Fsp3) is 0.238. The summed E-state index contributed by atoms with van der Waals surface area (Å²) in [5.74, 6) is -0.936. The number of rotatable bonds is 5. The van der Waals surface area contributed by atoms with Crippen molar-refractivity contribution >= 4 is 35.2 Å². The van der Waals surface area contributed by atoms with Crippen molar-refractivity contribution in [2.45, 2.75) is 20.0 Å². The highest BCUT2D eigenvalue weighted by atomic mass is 35.5. The number of nitrogens with one attached hydrogen (secondary N) is 1. The average Bonchev–Trinajstić information content (AvgIpc) is 2.62. The van der Waals surface area contributed by atoms with E-state index in [0.29, 0.717) is 5.69 Å². The largest absolute Gasteiger partial charge is 0.416 e. The van der Waals surface area contributed by atoms with Gasteiger partial charge in [0, 0.05) is 23.8 Å². The Hall–Kier alpha value is -2.80. The van der Waals surface area contributed by atoms with Crippen LogP contribution in [0.4, 0.5) is 18.9 Å². The van der Waals surface area contributed by atoms with Crippen molar-refractivity contribution in [1.82, 2.24) is 4.90 Å². The summed E-state index contributed by atoms with van der Waals surface area (Å²) < 4.78 is 38.4. The second kappa shape index (κ2) is 9.13. The van der Waals surface area contributed by atoms with Crippen LogP contribution >= 0.6 is 11.6 Å². The van der Waals surface area contributed by atoms with E-state index in [1.54, 1.807) is 0 Å². The van der Waals surface area contributed by atoms with Crippen molar-refractivity contribution in [2.24, 2.45) is 0 Å². The molecule has 29 heavy (non-hydrogen) atoms. The van der Waals surface area contributed by atoms with Gasteiger partial charge in [0.05, 0.1) is 12.1 Å². The van der Waals surface area contributed by atoms with Crippen molar-refractivity contribution in [2.75, 3.05) is 18.9 Å². The van der Waals surface area contributed by atoms with E-state index in [9.17, 15) is 22.8 Å². The van der Waals surface area contributed by atoms with Crippen molar-refractivity contribution in [1.29, 1.82) is 0 Å². The predicted molar refractivity (Wildman–Crippen MR) is 108 cm³/mol. The third kappa shape index (κ3) is 6.35. The fourth-order valence-electron chi connectivity index (χ4n) is 2.49. The number of carbonyl (C=O) groups excluding carboxylic acids is 2. The molecule has 0 spiro atoms. The SMILES string of the molecule is Cc1ccc(C)c(NC(=O)CN(C)C(=O)C=Cc2cc(C(F)(F)F)ccc2Cl)c1. The van der Waals surface area contributed by atoms with E-state index in [4.69, 9.17) is 11.6 Å². The Balaban J connectivity index is 2.03. The normalized spacial score (nSPS) is 11.6. The molecule has 0 radical (unpaired) electrons. The van der Waals surface area contributed by atoms with Gasteiger partial charge in [0.2, 0.25) is 11.8 Å². The van der Waals surface area contributed by atoms with Gasteiger partial charge in [0.15, 0.2) is 0 Å². The number of halogens is 4. The van der Waals surface area contributed by atoms with Gasteiger partial charge >= 0.3 is 6.18 Å². The predicted octanol–water partition coefficient (Wildman–Crippen LogP) is 5.09. The van der Waals surface area contributed by atoms with Gasteiger partial charge < -0.3 is 10.2 Å². The lowest BCUT2D eigenvalue weighted by atomic mass is 10.1. The molecule has 0 aliphatic rings. The number of hydrogen-bond donors (Lipinski definition) is 1. The van der Waals surface area contributed by atoms with Crippen LogP contribution in [-0.4, -0.2) is 30.3 Å². The molecule has 2 aromatic carbocycles. The molecule has 2 rings (SSSR count). The number of hydrogen-bond acceptors (Lipinski definition) is 2. The molecule has 0 atom stereocenters. The smallest absolute Gasteiger partial charge is 0.333 e. The van der Waals surface area contributed by atoms with Gasteiger partial charge in [-0.15, -0.1) is 0 Å². The average molecular weight is 425 g/mol. The highest BCUT2D eigenvalue weighted by molar-refractivity contribution is 6.32. The van der Waals surface area contributed by atoms with Gasteiger partial charge in [-0.2, -0.15) is 13.2 Å². The molecule has 4 nitrogen and oxygen atoms in total. The highest BCUT2D eigenvalue weighted by Gasteiger charge is 2.30. The lowest BCUT2D eigenvalue weighted by molar-refractivity contribution is -0.137. The van der Waals surface area contributed by atoms with Gasteiger partial charge in [-0.3, -0.25) is 9.59 Å². The van der Waals surface area contributed by atoms with Crippen LogP contribution in [0.5, 0.6) is 0 Å². The molecular formula is C21H20ClF3N2O2. The molecule has 0 aliphatic heterocycles. The van der Waals surface area contributed by atoms with Gasteiger partial charge in [-0.1, -0.05) is 23.7 Å². The second-order valence-electron chi connectivity index (χ2n) is 6.63. The zero-order chi connectivity index (χ0) is 21.8. The van der Waals surface area contributed by atoms with Crippen LogP contribution in [0.3, 0.4) is 0 Å². The Morgan fingerprint density at radius 1 is 1.14 bits per heavy atom. The maximum Gasteiger partial charge on any atom is 0.416 e. The molecule has 154 valence electrons. The molecule has 0 saturated carbocycles. The van der Waals surface area contributed by atoms with Gasteiger partial charge in [-0.25, -0.2) is 0 Å². The molecule has 0 aliphatic carbocycles. The third-order valence-corrected chi connectivity index (χ3v) is 4.50. The summed E-state index contributed by atoms with van der Waals surface area (Å²) in [4.78, 5) is 25.6. The summed E-state index contributed by atoms with van der Waals surface area (Å²) in [6.45, 7) is 3.53. The first-order valence-corrected chi connectivity index (χ1v) is 9.02. The number of aryl methyl sites for hydroxylation is 2. The number of carbonyl (C=O) groups is 2. The first-order chi connectivity index (χ1) is 13.5. The number of nitrogens with zero attached hydrogens (tertiary/aromatic N) is 1. The molecule has 1 N–H and O–H groups in total. The minimum Gasteiger partial charge on any atom is -0.333 e. The van der Waals surface area contributed by atoms with Crippen LogP contribution in [0.1, 0.15) is 22.3 Å². The molecule has 0 saturated heterocycles. The van der Waals surface area contributed by atoms with Crippen LogP contribution in [0, 0.1) is 13.8 Å². The van der Waals surface area contributed by atoms with E-state index in [1.807, 2.05) is 32.0 Å². The van der Waals surface area contributed by atoms with Gasteiger partial charge in [-0.05, 0) is 60.9 Å². The van der Waals surface area contributed by atoms with E-state index < -0.39 is 17.6 Å². The zero-order valence-corrected chi connectivity index (χ0v) is 16.9. The summed E-state index contributed by atoms with van der Waals surface area (Å²) >= 11 is 5.90. The molecule has 0 fully saturated rings. The number of benzene rings is 2. The number of amides is 2. The van der Waals surface area contributed by atoms with Crippen LogP contribution in [0.15, 0.2) is 42.5 Å². The molecule has 2 aromatic rings. The van der Waals surface area contributed by atoms with Crippen LogP contribution in [0.25, 0.3) is 6.08 Å². The molecule has 0 aromatic heterocycles. The minimum absolute atomic E-state index is 0.0584. The molecule has 2 amide bonds. The molecule has 8 heteroatoms. The standard InChI is InChI=1S/C21H20ClF3N2O2/c1-13-4-5-14(2)18(10-13)26-19(28)12-27(3)20(29)9-6-15-11-16(21(23,24)25)7-8-17(15)22/h4-11H,12H2,1-3H3,(H,26,28). The van der Waals surface area contributed by atoms with Crippen molar-refractivity contribution in [3.05, 3.63) is 69.8 Å². The zero-order valence-electron chi connectivity index (χ0n) is 16.1. The summed E-state index contributed by atoms with van der Waals surface area (Å²) in [5.41, 5.74) is 1.72. The van der Waals surface area contributed by atoms with Crippen LogP contribution in [-0.2, 0) is 15.8 Å². The Labute approximate surface area is 172 Å². The quantitative estimate of drug-likeness (QED) is 0.680. The number of likely N-dealkylation sites (N-methyl/N-ethyl adjacent to an activating group) is 1. The Morgan fingerprint density at radius 3 is 2.48 bits per heavy atom. The summed E-state index contributed by atoms with van der Waals surface area (Å²) in [6, 6.07) is 8.47. The third-order valence-electron chi connectivity index (χ3n) is 4.15. The summed E-state index contributed by atoms with van der Waals surface area (Å²) in [6.07, 6.45) is -2.24. The Bertz CT molecular complexity index is 955. The second-order valence-corrected chi connectivity index (χ2v) is 7.04. The number of alkyl halides is 3. The lowest BCUT2D eigenvalue weighted by Gasteiger charge is -2.16. The summed E-state index contributed by atoms with van der Waals surface area (Å²) in [5, 5.41) is 2.82. The fourth-order valence-corrected chi connectivity index (χ4v) is 2.67. The molecular weight excluding hydrogens is 405 g/mol. The molecule has 0 unspecified atom stereocenters. The van der Waals surface area contributed by atoms with Gasteiger partial charge in [0.25, 0.3) is 0 Å². The van der Waals surface area contributed by atoms with E-state index in [2.05, 4.69) is 5.32 Å². The van der Waals surface area contributed by atoms with Crippen molar-refractivity contribution in [3.63, 3.8) is 0 Å². The van der Waals surface area contributed by atoms with Crippen molar-refractivity contribution < 1.29 is 22.8 Å².